The third kappa shape index (κ3) is 6.72. The summed E-state index contributed by atoms with van der Waals surface area (Å²) in [5.74, 6) is 0. The largest absolute Gasteiger partial charge is 0.314 e. The summed E-state index contributed by atoms with van der Waals surface area (Å²) in [5, 5.41) is 3.72. The molecule has 2 nitrogen and oxygen atoms in total. The summed E-state index contributed by atoms with van der Waals surface area (Å²) in [7, 11) is 0. The second-order valence-electron chi connectivity index (χ2n) is 6.11. The molecule has 0 bridgehead atoms. The van der Waals surface area contributed by atoms with Crippen LogP contribution in [0.4, 0.5) is 0 Å². The van der Waals surface area contributed by atoms with Crippen molar-refractivity contribution in [3.05, 3.63) is 0 Å². The standard InChI is InChI=1S/C13H27ClN2/c1-13(2,3)10-12(14)11-15-6-9-16-7-4-5-8-16/h12,15H,4-11H2,1-3H3. The van der Waals surface area contributed by atoms with E-state index in [1.54, 1.807) is 0 Å². The highest BCUT2D eigenvalue weighted by molar-refractivity contribution is 6.20. The second-order valence-corrected chi connectivity index (χ2v) is 6.73. The average Bonchev–Trinajstić information content (AvgIpc) is 2.62. The molecule has 0 spiro atoms. The van der Waals surface area contributed by atoms with Crippen molar-refractivity contribution in [3.63, 3.8) is 0 Å². The summed E-state index contributed by atoms with van der Waals surface area (Å²) in [4.78, 5) is 2.53. The number of likely N-dealkylation sites (tertiary alicyclic amines) is 1. The van der Waals surface area contributed by atoms with Crippen LogP contribution in [-0.4, -0.2) is 43.0 Å². The van der Waals surface area contributed by atoms with Gasteiger partial charge in [-0.3, -0.25) is 0 Å². The molecular formula is C13H27ClN2. The molecular weight excluding hydrogens is 220 g/mol. The average molecular weight is 247 g/mol. The van der Waals surface area contributed by atoms with Gasteiger partial charge in [0.05, 0.1) is 0 Å². The number of rotatable bonds is 6. The van der Waals surface area contributed by atoms with Gasteiger partial charge in [-0.2, -0.15) is 0 Å². The first-order valence-corrected chi connectivity index (χ1v) is 6.98. The summed E-state index contributed by atoms with van der Waals surface area (Å²) < 4.78 is 0. The first-order valence-electron chi connectivity index (χ1n) is 6.54. The van der Waals surface area contributed by atoms with Gasteiger partial charge in [0.25, 0.3) is 0 Å². The fraction of sp³-hybridized carbons (Fsp3) is 1.00. The van der Waals surface area contributed by atoms with Gasteiger partial charge < -0.3 is 10.2 Å². The van der Waals surface area contributed by atoms with Gasteiger partial charge in [0.1, 0.15) is 0 Å². The van der Waals surface area contributed by atoms with Gasteiger partial charge >= 0.3 is 0 Å². The van der Waals surface area contributed by atoms with Gasteiger partial charge in [0, 0.05) is 25.0 Å². The molecule has 96 valence electrons. The maximum Gasteiger partial charge on any atom is 0.0465 e. The molecule has 16 heavy (non-hydrogen) atoms. The lowest BCUT2D eigenvalue weighted by Gasteiger charge is -2.22. The van der Waals surface area contributed by atoms with E-state index in [2.05, 4.69) is 31.0 Å². The van der Waals surface area contributed by atoms with E-state index in [1.807, 2.05) is 0 Å². The summed E-state index contributed by atoms with van der Waals surface area (Å²) in [6.07, 6.45) is 3.83. The van der Waals surface area contributed by atoms with E-state index in [4.69, 9.17) is 11.6 Å². The smallest absolute Gasteiger partial charge is 0.0465 e. The quantitative estimate of drug-likeness (QED) is 0.573. The second kappa shape index (κ2) is 6.83. The molecule has 1 aliphatic rings. The molecule has 0 aromatic carbocycles. The summed E-state index contributed by atoms with van der Waals surface area (Å²) in [5.41, 5.74) is 0.336. The van der Waals surface area contributed by atoms with Crippen molar-refractivity contribution in [1.82, 2.24) is 10.2 Å². The van der Waals surface area contributed by atoms with Crippen LogP contribution in [0.3, 0.4) is 0 Å². The topological polar surface area (TPSA) is 15.3 Å². The molecule has 1 heterocycles. The van der Waals surface area contributed by atoms with E-state index in [0.717, 1.165) is 19.5 Å². The Balaban J connectivity index is 1.97. The predicted molar refractivity (Wildman–Crippen MR) is 72.3 cm³/mol. The molecule has 0 saturated carbocycles. The zero-order chi connectivity index (χ0) is 12.0. The molecule has 1 unspecified atom stereocenters. The van der Waals surface area contributed by atoms with E-state index in [-0.39, 0.29) is 5.38 Å². The first kappa shape index (κ1) is 14.3. The highest BCUT2D eigenvalue weighted by atomic mass is 35.5. The van der Waals surface area contributed by atoms with Crippen molar-refractivity contribution in [3.8, 4) is 0 Å². The highest BCUT2D eigenvalue weighted by Gasteiger charge is 2.16. The van der Waals surface area contributed by atoms with Gasteiger partial charge in [0.2, 0.25) is 0 Å². The van der Waals surface area contributed by atoms with Crippen LogP contribution in [0, 0.1) is 5.41 Å². The molecule has 3 heteroatoms. The SMILES string of the molecule is CC(C)(C)CC(Cl)CNCCN1CCCC1. The lowest BCUT2D eigenvalue weighted by atomic mass is 9.90. The number of alkyl halides is 1. The Morgan fingerprint density at radius 2 is 1.88 bits per heavy atom. The monoisotopic (exact) mass is 246 g/mol. The van der Waals surface area contributed by atoms with Gasteiger partial charge in [-0.1, -0.05) is 20.8 Å². The van der Waals surface area contributed by atoms with Crippen LogP contribution in [0.15, 0.2) is 0 Å². The number of hydrogen-bond acceptors (Lipinski definition) is 2. The maximum atomic E-state index is 6.28. The zero-order valence-corrected chi connectivity index (χ0v) is 11.8. The van der Waals surface area contributed by atoms with E-state index in [9.17, 15) is 0 Å². The Bertz CT molecular complexity index is 183. The van der Waals surface area contributed by atoms with Crippen molar-refractivity contribution >= 4 is 11.6 Å². The van der Waals surface area contributed by atoms with Gasteiger partial charge in [-0.05, 0) is 37.8 Å². The highest BCUT2D eigenvalue weighted by Crippen LogP contribution is 2.23. The van der Waals surface area contributed by atoms with Crippen LogP contribution >= 0.6 is 11.6 Å². The Kier molecular flexibility index (Phi) is 6.09. The van der Waals surface area contributed by atoms with Crippen LogP contribution < -0.4 is 5.32 Å². The predicted octanol–water partition coefficient (Wildman–Crippen LogP) is 2.72. The molecule has 0 radical (unpaired) electrons. The van der Waals surface area contributed by atoms with Crippen molar-refractivity contribution in [2.45, 2.75) is 45.4 Å². The fourth-order valence-electron chi connectivity index (χ4n) is 2.24. The Labute approximate surface area is 106 Å². The lowest BCUT2D eigenvalue weighted by Crippen LogP contribution is -2.33. The minimum absolute atomic E-state index is 0.263. The molecule has 1 aliphatic heterocycles. The van der Waals surface area contributed by atoms with Crippen LogP contribution in [0.2, 0.25) is 0 Å². The van der Waals surface area contributed by atoms with Crippen molar-refractivity contribution in [2.75, 3.05) is 32.7 Å². The van der Waals surface area contributed by atoms with Crippen molar-refractivity contribution < 1.29 is 0 Å². The molecule has 1 atom stereocenters. The fourth-order valence-corrected chi connectivity index (χ4v) is 2.81. The van der Waals surface area contributed by atoms with Crippen molar-refractivity contribution in [2.24, 2.45) is 5.41 Å². The summed E-state index contributed by atoms with van der Waals surface area (Å²) in [6, 6.07) is 0. The summed E-state index contributed by atoms with van der Waals surface area (Å²) >= 11 is 6.28. The Morgan fingerprint density at radius 3 is 2.44 bits per heavy atom. The molecule has 1 N–H and O–H groups in total. The van der Waals surface area contributed by atoms with Crippen LogP contribution in [0.25, 0.3) is 0 Å². The molecule has 0 aliphatic carbocycles. The van der Waals surface area contributed by atoms with Gasteiger partial charge in [-0.25, -0.2) is 0 Å². The minimum atomic E-state index is 0.263. The number of hydrogen-bond donors (Lipinski definition) is 1. The van der Waals surface area contributed by atoms with Crippen molar-refractivity contribution in [1.29, 1.82) is 0 Å². The molecule has 0 amide bonds. The van der Waals surface area contributed by atoms with Crippen LogP contribution in [-0.2, 0) is 0 Å². The van der Waals surface area contributed by atoms with Gasteiger partial charge in [0.15, 0.2) is 0 Å². The van der Waals surface area contributed by atoms with Crippen LogP contribution in [0.1, 0.15) is 40.0 Å². The lowest BCUT2D eigenvalue weighted by molar-refractivity contribution is 0.329. The normalized spacial score (nSPS) is 20.2. The molecule has 1 fully saturated rings. The zero-order valence-electron chi connectivity index (χ0n) is 11.1. The first-order chi connectivity index (χ1) is 7.47. The van der Waals surface area contributed by atoms with E-state index in [1.165, 1.54) is 32.5 Å². The molecule has 0 aromatic rings. The van der Waals surface area contributed by atoms with E-state index >= 15 is 0 Å². The number of nitrogens with one attached hydrogen (secondary N) is 1. The van der Waals surface area contributed by atoms with Gasteiger partial charge in [-0.15, -0.1) is 11.6 Å². The van der Waals surface area contributed by atoms with Crippen LogP contribution in [0.5, 0.6) is 0 Å². The number of halogens is 1. The third-order valence-electron chi connectivity index (χ3n) is 3.00. The molecule has 1 rings (SSSR count). The number of nitrogens with zero attached hydrogens (tertiary/aromatic N) is 1. The van der Waals surface area contributed by atoms with E-state index in [0.29, 0.717) is 5.41 Å². The maximum absolute atomic E-state index is 6.28. The Hall–Kier alpha value is 0.210. The molecule has 0 aromatic heterocycles. The minimum Gasteiger partial charge on any atom is -0.314 e. The van der Waals surface area contributed by atoms with E-state index < -0.39 is 0 Å². The summed E-state index contributed by atoms with van der Waals surface area (Å²) in [6.45, 7) is 12.5. The Morgan fingerprint density at radius 1 is 1.25 bits per heavy atom. The molecule has 1 saturated heterocycles. The third-order valence-corrected chi connectivity index (χ3v) is 3.31.